The Bertz CT molecular complexity index is 470. The number of nitrogens with two attached hydrogens (primary N) is 2. The fraction of sp³-hybridized carbons (Fsp3) is 0. The Balaban J connectivity index is 2.94. The maximum atomic E-state index is 13.4. The molecule has 0 spiro atoms. The van der Waals surface area contributed by atoms with Crippen LogP contribution in [0.15, 0.2) is 22.7 Å². The van der Waals surface area contributed by atoms with Crippen molar-refractivity contribution >= 4 is 38.3 Å². The first-order valence-electron chi connectivity index (χ1n) is 3.88. The number of rotatable bonds is 0. The maximum absolute atomic E-state index is 13.4. The van der Waals surface area contributed by atoms with Gasteiger partial charge in [0.25, 0.3) is 0 Å². The second-order valence-corrected chi connectivity index (χ2v) is 3.83. The summed E-state index contributed by atoms with van der Waals surface area (Å²) in [6.07, 6.45) is 0. The fourth-order valence-corrected chi connectivity index (χ4v) is 1.75. The number of pyridine rings is 1. The first-order valence-corrected chi connectivity index (χ1v) is 4.68. The van der Waals surface area contributed by atoms with E-state index in [1.165, 1.54) is 12.1 Å². The van der Waals surface area contributed by atoms with E-state index in [4.69, 9.17) is 11.5 Å². The zero-order valence-corrected chi connectivity index (χ0v) is 8.68. The Labute approximate surface area is 88.0 Å². The van der Waals surface area contributed by atoms with Crippen molar-refractivity contribution in [3.63, 3.8) is 0 Å². The van der Waals surface area contributed by atoms with Crippen molar-refractivity contribution in [2.75, 3.05) is 11.5 Å². The molecule has 14 heavy (non-hydrogen) atoms. The summed E-state index contributed by atoms with van der Waals surface area (Å²) in [5.41, 5.74) is 11.9. The molecule has 0 bridgehead atoms. The molecule has 0 saturated heterocycles. The van der Waals surface area contributed by atoms with Gasteiger partial charge in [0.1, 0.15) is 11.6 Å². The number of nitrogen functional groups attached to an aromatic ring is 2. The highest BCUT2D eigenvalue weighted by atomic mass is 79.9. The first-order chi connectivity index (χ1) is 6.58. The molecule has 0 fully saturated rings. The molecule has 3 nitrogen and oxygen atoms in total. The van der Waals surface area contributed by atoms with Crippen molar-refractivity contribution in [2.45, 2.75) is 0 Å². The second-order valence-electron chi connectivity index (χ2n) is 2.92. The van der Waals surface area contributed by atoms with Crippen LogP contribution in [-0.4, -0.2) is 4.98 Å². The summed E-state index contributed by atoms with van der Waals surface area (Å²) in [6, 6.07) is 4.46. The highest BCUT2D eigenvalue weighted by Crippen LogP contribution is 2.27. The number of fused-ring (bicyclic) bond motifs is 1. The van der Waals surface area contributed by atoms with Crippen molar-refractivity contribution in [2.24, 2.45) is 0 Å². The lowest BCUT2D eigenvalue weighted by Gasteiger charge is -2.04. The van der Waals surface area contributed by atoms with Crippen molar-refractivity contribution in [3.8, 4) is 0 Å². The number of anilines is 2. The van der Waals surface area contributed by atoms with Gasteiger partial charge in [-0.2, -0.15) is 0 Å². The van der Waals surface area contributed by atoms with Gasteiger partial charge in [-0.25, -0.2) is 9.37 Å². The topological polar surface area (TPSA) is 64.9 Å². The van der Waals surface area contributed by atoms with Gasteiger partial charge >= 0.3 is 0 Å². The Kier molecular flexibility index (Phi) is 2.03. The highest BCUT2D eigenvalue weighted by molar-refractivity contribution is 9.10. The molecule has 0 radical (unpaired) electrons. The smallest absolute Gasteiger partial charge is 0.135 e. The molecular formula is C9H7BrFN3. The number of hydrogen-bond donors (Lipinski definition) is 2. The van der Waals surface area contributed by atoms with Gasteiger partial charge in [0.15, 0.2) is 0 Å². The monoisotopic (exact) mass is 255 g/mol. The molecule has 72 valence electrons. The summed E-state index contributed by atoms with van der Waals surface area (Å²) in [4.78, 5) is 3.99. The van der Waals surface area contributed by atoms with Crippen molar-refractivity contribution in [3.05, 3.63) is 28.5 Å². The normalized spacial score (nSPS) is 10.7. The summed E-state index contributed by atoms with van der Waals surface area (Å²) >= 11 is 3.17. The van der Waals surface area contributed by atoms with Crippen molar-refractivity contribution in [1.82, 2.24) is 4.98 Å². The van der Waals surface area contributed by atoms with Gasteiger partial charge in [0, 0.05) is 16.2 Å². The largest absolute Gasteiger partial charge is 0.398 e. The van der Waals surface area contributed by atoms with E-state index in [9.17, 15) is 4.39 Å². The van der Waals surface area contributed by atoms with E-state index < -0.39 is 5.82 Å². The predicted octanol–water partition coefficient (Wildman–Crippen LogP) is 2.30. The average molecular weight is 256 g/mol. The van der Waals surface area contributed by atoms with Crippen LogP contribution in [0, 0.1) is 5.82 Å². The third kappa shape index (κ3) is 1.39. The van der Waals surface area contributed by atoms with E-state index in [0.29, 0.717) is 21.1 Å². The van der Waals surface area contributed by atoms with Crippen LogP contribution in [0.1, 0.15) is 0 Å². The Hall–Kier alpha value is -1.36. The van der Waals surface area contributed by atoms with Crippen LogP contribution in [0.5, 0.6) is 0 Å². The molecule has 0 aliphatic carbocycles. The number of halogens is 2. The van der Waals surface area contributed by atoms with Crippen LogP contribution in [0.4, 0.5) is 15.9 Å². The minimum Gasteiger partial charge on any atom is -0.398 e. The van der Waals surface area contributed by atoms with Crippen LogP contribution in [0.2, 0.25) is 0 Å². The third-order valence-electron chi connectivity index (χ3n) is 1.88. The molecule has 0 atom stereocenters. The Morgan fingerprint density at radius 2 is 1.93 bits per heavy atom. The van der Waals surface area contributed by atoms with Crippen LogP contribution >= 0.6 is 15.9 Å². The molecule has 0 saturated carbocycles. The molecule has 2 rings (SSSR count). The molecule has 0 amide bonds. The van der Waals surface area contributed by atoms with Gasteiger partial charge in [-0.3, -0.25) is 0 Å². The highest BCUT2D eigenvalue weighted by Gasteiger charge is 2.08. The summed E-state index contributed by atoms with van der Waals surface area (Å²) in [7, 11) is 0. The summed E-state index contributed by atoms with van der Waals surface area (Å²) in [5, 5.41) is 0.308. The Morgan fingerprint density at radius 3 is 2.64 bits per heavy atom. The summed E-state index contributed by atoms with van der Waals surface area (Å²) in [5.74, 6) is -0.119. The lowest BCUT2D eigenvalue weighted by Crippen LogP contribution is -1.97. The van der Waals surface area contributed by atoms with Gasteiger partial charge in [-0.1, -0.05) is 15.9 Å². The van der Waals surface area contributed by atoms with Gasteiger partial charge in [0.05, 0.1) is 10.9 Å². The Morgan fingerprint density at radius 1 is 1.21 bits per heavy atom. The van der Waals surface area contributed by atoms with E-state index in [1.807, 2.05) is 0 Å². The number of nitrogens with zero attached hydrogens (tertiary/aromatic N) is 1. The molecule has 1 aromatic carbocycles. The zero-order chi connectivity index (χ0) is 10.3. The average Bonchev–Trinajstić information content (AvgIpc) is 1.99. The lowest BCUT2D eigenvalue weighted by atomic mass is 10.2. The number of aromatic nitrogens is 1. The van der Waals surface area contributed by atoms with Crippen LogP contribution in [0.3, 0.4) is 0 Å². The van der Waals surface area contributed by atoms with E-state index >= 15 is 0 Å². The lowest BCUT2D eigenvalue weighted by molar-refractivity contribution is 0.639. The number of benzene rings is 1. The van der Waals surface area contributed by atoms with Crippen molar-refractivity contribution in [1.29, 1.82) is 0 Å². The third-order valence-corrected chi connectivity index (χ3v) is 2.33. The first kappa shape index (κ1) is 9.21. The van der Waals surface area contributed by atoms with Gasteiger partial charge in [0.2, 0.25) is 0 Å². The SMILES string of the molecule is Nc1cc(N)c2c(F)cc(Br)cc2n1. The number of hydrogen-bond acceptors (Lipinski definition) is 3. The minimum absolute atomic E-state index is 0.285. The second kappa shape index (κ2) is 3.09. The minimum atomic E-state index is -0.403. The molecule has 5 heteroatoms. The fourth-order valence-electron chi connectivity index (χ4n) is 1.34. The van der Waals surface area contributed by atoms with Crippen LogP contribution < -0.4 is 11.5 Å². The van der Waals surface area contributed by atoms with Crippen LogP contribution in [0.25, 0.3) is 10.9 Å². The van der Waals surface area contributed by atoms with Crippen LogP contribution in [-0.2, 0) is 0 Å². The van der Waals surface area contributed by atoms with E-state index in [0.717, 1.165) is 0 Å². The molecule has 0 aliphatic heterocycles. The van der Waals surface area contributed by atoms with Gasteiger partial charge < -0.3 is 11.5 Å². The molecule has 2 aromatic rings. The summed E-state index contributed by atoms with van der Waals surface area (Å²) in [6.45, 7) is 0. The quantitative estimate of drug-likeness (QED) is 0.760. The maximum Gasteiger partial charge on any atom is 0.135 e. The molecular weight excluding hydrogens is 249 g/mol. The van der Waals surface area contributed by atoms with E-state index in [-0.39, 0.29) is 5.82 Å². The van der Waals surface area contributed by atoms with Crippen molar-refractivity contribution < 1.29 is 4.39 Å². The van der Waals surface area contributed by atoms with E-state index in [1.54, 1.807) is 6.07 Å². The molecule has 1 heterocycles. The standard InChI is InChI=1S/C9H7BrFN3/c10-4-1-5(11)9-6(12)3-8(13)14-7(9)2-4/h1-3H,(H4,12,13,14). The predicted molar refractivity (Wildman–Crippen MR) is 58.2 cm³/mol. The van der Waals surface area contributed by atoms with Gasteiger partial charge in [-0.05, 0) is 12.1 Å². The van der Waals surface area contributed by atoms with E-state index in [2.05, 4.69) is 20.9 Å². The molecule has 4 N–H and O–H groups in total. The summed E-state index contributed by atoms with van der Waals surface area (Å²) < 4.78 is 14.1. The molecule has 1 aromatic heterocycles. The molecule has 0 aliphatic rings. The zero-order valence-electron chi connectivity index (χ0n) is 7.09. The van der Waals surface area contributed by atoms with Gasteiger partial charge in [-0.15, -0.1) is 0 Å². The molecule has 0 unspecified atom stereocenters.